The van der Waals surface area contributed by atoms with E-state index in [-0.39, 0.29) is 5.25 Å². The van der Waals surface area contributed by atoms with E-state index in [2.05, 4.69) is 4.98 Å². The Kier molecular flexibility index (Phi) is 3.06. The molecule has 2 aromatic heterocycles. The summed E-state index contributed by atoms with van der Waals surface area (Å²) in [5, 5.41) is -0.258. The summed E-state index contributed by atoms with van der Waals surface area (Å²) in [6.45, 7) is 0.487. The number of hydrogen-bond acceptors (Lipinski definition) is 4. The van der Waals surface area contributed by atoms with Crippen LogP contribution in [0.25, 0.3) is 5.65 Å². The quantitative estimate of drug-likeness (QED) is 0.906. The summed E-state index contributed by atoms with van der Waals surface area (Å²) in [6.07, 6.45) is 5.89. The highest BCUT2D eigenvalue weighted by Gasteiger charge is 2.31. The topological polar surface area (TPSA) is 77.5 Å². The lowest BCUT2D eigenvalue weighted by Gasteiger charge is -2.05. The number of imidazole rings is 1. The number of rotatable bonds is 3. The van der Waals surface area contributed by atoms with Gasteiger partial charge in [-0.1, -0.05) is 6.07 Å². The highest BCUT2D eigenvalue weighted by molar-refractivity contribution is 7.92. The first-order valence-corrected chi connectivity index (χ1v) is 8.18. The molecule has 0 spiro atoms. The molecule has 1 aliphatic heterocycles. The minimum absolute atomic E-state index is 0.258. The van der Waals surface area contributed by atoms with Gasteiger partial charge < -0.3 is 10.1 Å². The van der Waals surface area contributed by atoms with Crippen molar-refractivity contribution in [2.45, 2.75) is 31.1 Å². The van der Waals surface area contributed by atoms with E-state index in [1.54, 1.807) is 0 Å². The largest absolute Gasteiger partial charge is 0.326 e. The number of nitrogens with two attached hydrogens (primary N) is 1. The molecule has 0 radical (unpaired) electrons. The average Bonchev–Trinajstić information content (AvgIpc) is 2.92. The summed E-state index contributed by atoms with van der Waals surface area (Å²) < 4.78 is 25.6. The van der Waals surface area contributed by atoms with Crippen molar-refractivity contribution in [3.05, 3.63) is 35.8 Å². The average molecular weight is 279 g/mol. The van der Waals surface area contributed by atoms with Gasteiger partial charge >= 0.3 is 0 Å². The van der Waals surface area contributed by atoms with Crippen LogP contribution in [0.15, 0.2) is 24.5 Å². The van der Waals surface area contributed by atoms with Crippen LogP contribution < -0.4 is 5.73 Å². The van der Waals surface area contributed by atoms with Crippen molar-refractivity contribution in [1.29, 1.82) is 0 Å². The first-order chi connectivity index (χ1) is 9.08. The molecule has 1 saturated heterocycles. The van der Waals surface area contributed by atoms with Gasteiger partial charge in [-0.15, -0.1) is 0 Å². The van der Waals surface area contributed by atoms with Gasteiger partial charge in [0.2, 0.25) is 0 Å². The maximum absolute atomic E-state index is 11.8. The molecule has 0 bridgehead atoms. The second-order valence-corrected chi connectivity index (χ2v) is 7.48. The standard InChI is InChI=1S/C13H17N3O2S/c14-7-10-3-4-13-15-11(9-16(13)8-10)6-12-2-1-5-19(12,17)18/h3-4,8-9,12H,1-2,5-7,14H2. The number of sulfone groups is 1. The minimum Gasteiger partial charge on any atom is -0.326 e. The van der Waals surface area contributed by atoms with Crippen molar-refractivity contribution in [3.8, 4) is 0 Å². The van der Waals surface area contributed by atoms with Crippen LogP contribution in [0, 0.1) is 0 Å². The maximum Gasteiger partial charge on any atom is 0.153 e. The van der Waals surface area contributed by atoms with Gasteiger partial charge in [-0.25, -0.2) is 13.4 Å². The summed E-state index contributed by atoms with van der Waals surface area (Å²) in [7, 11) is -2.90. The van der Waals surface area contributed by atoms with Gasteiger partial charge in [-0.05, 0) is 24.5 Å². The Labute approximate surface area is 112 Å². The molecule has 102 valence electrons. The van der Waals surface area contributed by atoms with Gasteiger partial charge in [-0.2, -0.15) is 0 Å². The Balaban J connectivity index is 1.89. The monoisotopic (exact) mass is 279 g/mol. The van der Waals surface area contributed by atoms with Crippen molar-refractivity contribution in [2.24, 2.45) is 5.73 Å². The molecule has 2 aromatic rings. The molecule has 1 unspecified atom stereocenters. The van der Waals surface area contributed by atoms with Crippen LogP contribution in [0.4, 0.5) is 0 Å². The summed E-state index contributed by atoms with van der Waals surface area (Å²) >= 11 is 0. The van der Waals surface area contributed by atoms with Crippen LogP contribution in [-0.2, 0) is 22.8 Å². The zero-order valence-electron chi connectivity index (χ0n) is 10.6. The molecule has 6 heteroatoms. The fourth-order valence-electron chi connectivity index (χ4n) is 2.63. The van der Waals surface area contributed by atoms with E-state index in [1.807, 2.05) is 28.9 Å². The molecule has 2 N–H and O–H groups in total. The number of pyridine rings is 1. The molecule has 1 aliphatic rings. The smallest absolute Gasteiger partial charge is 0.153 e. The zero-order valence-corrected chi connectivity index (χ0v) is 11.4. The van der Waals surface area contributed by atoms with Crippen LogP contribution in [-0.4, -0.2) is 28.8 Å². The van der Waals surface area contributed by atoms with E-state index >= 15 is 0 Å². The predicted molar refractivity (Wildman–Crippen MR) is 73.6 cm³/mol. The Bertz CT molecular complexity index is 706. The first-order valence-electron chi connectivity index (χ1n) is 6.46. The summed E-state index contributed by atoms with van der Waals surface area (Å²) in [6, 6.07) is 3.85. The number of hydrogen-bond donors (Lipinski definition) is 1. The lowest BCUT2D eigenvalue weighted by molar-refractivity contribution is 0.587. The summed E-state index contributed by atoms with van der Waals surface area (Å²) in [5.74, 6) is 0.322. The van der Waals surface area contributed by atoms with Gasteiger partial charge in [0.1, 0.15) is 5.65 Å². The molecule has 3 rings (SSSR count). The lowest BCUT2D eigenvalue weighted by atomic mass is 10.2. The Morgan fingerprint density at radius 1 is 1.37 bits per heavy atom. The number of nitrogens with zero attached hydrogens (tertiary/aromatic N) is 2. The molecule has 0 saturated carbocycles. The molecule has 0 amide bonds. The Morgan fingerprint density at radius 2 is 2.21 bits per heavy atom. The maximum atomic E-state index is 11.8. The van der Waals surface area contributed by atoms with E-state index < -0.39 is 9.84 Å². The van der Waals surface area contributed by atoms with Crippen LogP contribution in [0.1, 0.15) is 24.1 Å². The van der Waals surface area contributed by atoms with E-state index in [0.717, 1.165) is 29.7 Å². The molecular weight excluding hydrogens is 262 g/mol. The highest BCUT2D eigenvalue weighted by atomic mass is 32.2. The van der Waals surface area contributed by atoms with Crippen molar-refractivity contribution >= 4 is 15.5 Å². The van der Waals surface area contributed by atoms with E-state index in [1.165, 1.54) is 0 Å². The van der Waals surface area contributed by atoms with Crippen LogP contribution in [0.3, 0.4) is 0 Å². The van der Waals surface area contributed by atoms with Crippen molar-refractivity contribution < 1.29 is 8.42 Å². The van der Waals surface area contributed by atoms with Gasteiger partial charge in [-0.3, -0.25) is 0 Å². The fraction of sp³-hybridized carbons (Fsp3) is 0.462. The molecule has 5 nitrogen and oxygen atoms in total. The molecule has 1 atom stereocenters. The minimum atomic E-state index is -2.90. The van der Waals surface area contributed by atoms with Crippen LogP contribution >= 0.6 is 0 Å². The SMILES string of the molecule is NCc1ccc2nc(CC3CCCS3(=O)=O)cn2c1. The van der Waals surface area contributed by atoms with Gasteiger partial charge in [0.05, 0.1) is 16.7 Å². The molecular formula is C13H17N3O2S. The van der Waals surface area contributed by atoms with Crippen LogP contribution in [0.2, 0.25) is 0 Å². The van der Waals surface area contributed by atoms with Crippen molar-refractivity contribution in [2.75, 3.05) is 5.75 Å². The molecule has 0 aliphatic carbocycles. The van der Waals surface area contributed by atoms with E-state index in [9.17, 15) is 8.42 Å². The van der Waals surface area contributed by atoms with Gasteiger partial charge in [0.25, 0.3) is 0 Å². The molecule has 0 aromatic carbocycles. The van der Waals surface area contributed by atoms with E-state index in [4.69, 9.17) is 5.73 Å². The Morgan fingerprint density at radius 3 is 2.89 bits per heavy atom. The Hall–Kier alpha value is -1.40. The normalized spacial score (nSPS) is 22.1. The highest BCUT2D eigenvalue weighted by Crippen LogP contribution is 2.23. The number of aromatic nitrogens is 2. The molecule has 19 heavy (non-hydrogen) atoms. The predicted octanol–water partition coefficient (Wildman–Crippen LogP) is 0.913. The second-order valence-electron chi connectivity index (χ2n) is 5.07. The second kappa shape index (κ2) is 4.61. The fourth-order valence-corrected chi connectivity index (χ4v) is 4.48. The first kappa shape index (κ1) is 12.6. The van der Waals surface area contributed by atoms with Gasteiger partial charge in [0, 0.05) is 25.4 Å². The summed E-state index contributed by atoms with van der Waals surface area (Å²) in [4.78, 5) is 4.47. The number of fused-ring (bicyclic) bond motifs is 1. The third-order valence-corrected chi connectivity index (χ3v) is 5.97. The van der Waals surface area contributed by atoms with Crippen molar-refractivity contribution in [3.63, 3.8) is 0 Å². The third-order valence-electron chi connectivity index (χ3n) is 3.70. The van der Waals surface area contributed by atoms with Crippen LogP contribution in [0.5, 0.6) is 0 Å². The van der Waals surface area contributed by atoms with E-state index in [0.29, 0.717) is 18.7 Å². The summed E-state index contributed by atoms with van der Waals surface area (Å²) in [5.41, 5.74) is 8.31. The molecule has 1 fully saturated rings. The lowest BCUT2D eigenvalue weighted by Crippen LogP contribution is -2.18. The van der Waals surface area contributed by atoms with Gasteiger partial charge in [0.15, 0.2) is 9.84 Å². The van der Waals surface area contributed by atoms with Crippen molar-refractivity contribution in [1.82, 2.24) is 9.38 Å². The molecule has 3 heterocycles. The zero-order chi connectivity index (χ0) is 13.5. The third kappa shape index (κ3) is 2.37.